The van der Waals surface area contributed by atoms with E-state index in [0.29, 0.717) is 36.4 Å². The molecule has 2 aliphatic heterocycles. The summed E-state index contributed by atoms with van der Waals surface area (Å²) in [5.41, 5.74) is -0.663. The largest absolute Gasteiger partial charge is 0.393 e. The lowest BCUT2D eigenvalue weighted by atomic mass is 9.51. The minimum Gasteiger partial charge on any atom is -0.393 e. The molecular weight excluding hydrogens is 386 g/mol. The molecule has 6 aliphatic rings. The first-order valence-electron chi connectivity index (χ1n) is 13.4. The Kier molecular flexibility index (Phi) is 4.78. The van der Waals surface area contributed by atoms with Gasteiger partial charge < -0.3 is 10.2 Å². The van der Waals surface area contributed by atoms with Gasteiger partial charge in [-0.3, -0.25) is 9.69 Å². The first-order valence-corrected chi connectivity index (χ1v) is 13.4. The molecule has 174 valence electrons. The van der Waals surface area contributed by atoms with Crippen LogP contribution in [0.1, 0.15) is 78.6 Å². The number of hydrogen-bond acceptors (Lipinski definition) is 4. The summed E-state index contributed by atoms with van der Waals surface area (Å²) in [5, 5.41) is 22.5. The number of nitrogens with zero attached hydrogens (tertiary/aromatic N) is 1. The Labute approximate surface area is 188 Å². The van der Waals surface area contributed by atoms with Crippen LogP contribution in [0.15, 0.2) is 0 Å². The highest BCUT2D eigenvalue weighted by atomic mass is 16.3. The topological polar surface area (TPSA) is 60.8 Å². The van der Waals surface area contributed by atoms with Crippen molar-refractivity contribution in [3.63, 3.8) is 0 Å². The predicted molar refractivity (Wildman–Crippen MR) is 120 cm³/mol. The monoisotopic (exact) mass is 429 g/mol. The number of carbonyl (C=O) groups is 1. The quantitative estimate of drug-likeness (QED) is 0.613. The van der Waals surface area contributed by atoms with Gasteiger partial charge >= 0.3 is 0 Å². The van der Waals surface area contributed by atoms with Crippen molar-refractivity contribution >= 4 is 5.78 Å². The van der Waals surface area contributed by atoms with E-state index < -0.39 is 5.60 Å². The van der Waals surface area contributed by atoms with Crippen LogP contribution in [-0.4, -0.2) is 51.7 Å². The van der Waals surface area contributed by atoms with E-state index in [2.05, 4.69) is 25.7 Å². The van der Waals surface area contributed by atoms with Crippen molar-refractivity contribution < 1.29 is 15.0 Å². The maximum absolute atomic E-state index is 13.3. The number of rotatable bonds is 0. The molecule has 0 amide bonds. The fraction of sp³-hybridized carbons (Fsp3) is 0.963. The molecule has 0 spiro atoms. The lowest BCUT2D eigenvalue weighted by molar-refractivity contribution is -0.166. The molecule has 4 heteroatoms. The minimum atomic E-state index is -0.639. The third-order valence-corrected chi connectivity index (χ3v) is 11.9. The molecule has 0 aromatic carbocycles. The molecule has 2 saturated heterocycles. The van der Waals surface area contributed by atoms with Gasteiger partial charge in [0.05, 0.1) is 11.7 Å². The van der Waals surface area contributed by atoms with Gasteiger partial charge in [0.2, 0.25) is 0 Å². The summed E-state index contributed by atoms with van der Waals surface area (Å²) in [5.74, 6) is 4.15. The van der Waals surface area contributed by atoms with Crippen molar-refractivity contribution in [2.75, 3.05) is 13.1 Å². The SMILES string of the molecule is C[C@@H]1CC[C@H]2[C@H](C)[C@H]3CC[C@@]4(O)[C@@H]5CC(=O)[C@H]6C[C@H](O)CC[C@]6(C)[C@H]5C[C@H]4[C@@H]3CN2C1. The van der Waals surface area contributed by atoms with E-state index in [-0.39, 0.29) is 23.4 Å². The fourth-order valence-corrected chi connectivity index (χ4v) is 10.3. The number of carbonyl (C=O) groups excluding carboxylic acids is 1. The number of ketones is 1. The molecule has 0 aromatic rings. The lowest BCUT2D eigenvalue weighted by Gasteiger charge is -2.58. The molecule has 6 rings (SSSR count). The zero-order chi connectivity index (χ0) is 21.7. The third-order valence-electron chi connectivity index (χ3n) is 11.9. The van der Waals surface area contributed by atoms with Crippen LogP contribution in [0.3, 0.4) is 0 Å². The molecule has 2 heterocycles. The Balaban J connectivity index is 1.32. The molecule has 4 saturated carbocycles. The zero-order valence-electron chi connectivity index (χ0n) is 19.8. The Bertz CT molecular complexity index is 753. The number of aliphatic hydroxyl groups excluding tert-OH is 1. The van der Waals surface area contributed by atoms with Gasteiger partial charge in [-0.15, -0.1) is 0 Å². The summed E-state index contributed by atoms with van der Waals surface area (Å²) < 4.78 is 0. The Hall–Kier alpha value is -0.450. The van der Waals surface area contributed by atoms with E-state index in [4.69, 9.17) is 0 Å². The second-order valence-electron chi connectivity index (χ2n) is 13.1. The van der Waals surface area contributed by atoms with Gasteiger partial charge in [0.1, 0.15) is 5.78 Å². The molecule has 4 aliphatic carbocycles. The highest BCUT2D eigenvalue weighted by Crippen LogP contribution is 2.67. The molecule has 12 atom stereocenters. The van der Waals surface area contributed by atoms with Crippen LogP contribution in [0.5, 0.6) is 0 Å². The van der Waals surface area contributed by atoms with Gasteiger partial charge in [-0.1, -0.05) is 20.8 Å². The number of hydrogen-bond donors (Lipinski definition) is 2. The van der Waals surface area contributed by atoms with Crippen LogP contribution < -0.4 is 0 Å². The Morgan fingerprint density at radius 2 is 1.74 bits per heavy atom. The molecule has 4 nitrogen and oxygen atoms in total. The summed E-state index contributed by atoms with van der Waals surface area (Å²) in [6, 6.07) is 0.746. The highest BCUT2D eigenvalue weighted by molar-refractivity contribution is 5.83. The molecule has 2 N–H and O–H groups in total. The molecule has 0 aromatic heterocycles. The second-order valence-corrected chi connectivity index (χ2v) is 13.1. The smallest absolute Gasteiger partial charge is 0.137 e. The normalized spacial score (nSPS) is 59.2. The second kappa shape index (κ2) is 7.03. The van der Waals surface area contributed by atoms with Crippen molar-refractivity contribution in [1.82, 2.24) is 4.90 Å². The van der Waals surface area contributed by atoms with Crippen molar-refractivity contribution in [3.8, 4) is 0 Å². The van der Waals surface area contributed by atoms with Gasteiger partial charge in [-0.25, -0.2) is 0 Å². The van der Waals surface area contributed by atoms with Crippen LogP contribution in [0.25, 0.3) is 0 Å². The summed E-state index contributed by atoms with van der Waals surface area (Å²) in [7, 11) is 0. The predicted octanol–water partition coefficient (Wildman–Crippen LogP) is 3.89. The van der Waals surface area contributed by atoms with Gasteiger partial charge in [-0.2, -0.15) is 0 Å². The molecule has 31 heavy (non-hydrogen) atoms. The summed E-state index contributed by atoms with van der Waals surface area (Å²) in [4.78, 5) is 16.1. The molecule has 0 unspecified atom stereocenters. The van der Waals surface area contributed by atoms with Crippen LogP contribution in [-0.2, 0) is 4.79 Å². The summed E-state index contributed by atoms with van der Waals surface area (Å²) in [6.45, 7) is 9.64. The van der Waals surface area contributed by atoms with Crippen molar-refractivity contribution in [1.29, 1.82) is 0 Å². The van der Waals surface area contributed by atoms with Crippen LogP contribution >= 0.6 is 0 Å². The Morgan fingerprint density at radius 1 is 0.935 bits per heavy atom. The van der Waals surface area contributed by atoms with Gasteiger partial charge in [0.15, 0.2) is 0 Å². The van der Waals surface area contributed by atoms with E-state index in [1.165, 1.54) is 25.9 Å². The van der Waals surface area contributed by atoms with Crippen LogP contribution in [0.4, 0.5) is 0 Å². The van der Waals surface area contributed by atoms with E-state index in [1.807, 2.05) is 0 Å². The van der Waals surface area contributed by atoms with E-state index in [0.717, 1.165) is 55.9 Å². The molecule has 0 radical (unpaired) electrons. The molecular formula is C27H43NO3. The van der Waals surface area contributed by atoms with Gasteiger partial charge in [0.25, 0.3) is 0 Å². The number of Topliss-reactive ketones (excluding diaryl/α,β-unsaturated/α-hetero) is 1. The van der Waals surface area contributed by atoms with E-state index in [9.17, 15) is 15.0 Å². The van der Waals surface area contributed by atoms with Crippen molar-refractivity contribution in [2.24, 2.45) is 52.8 Å². The Morgan fingerprint density at radius 3 is 2.55 bits per heavy atom. The van der Waals surface area contributed by atoms with Crippen molar-refractivity contribution in [2.45, 2.75) is 96.3 Å². The van der Waals surface area contributed by atoms with E-state index in [1.54, 1.807) is 0 Å². The summed E-state index contributed by atoms with van der Waals surface area (Å²) in [6.07, 6.45) is 8.55. The molecule has 6 fully saturated rings. The zero-order valence-corrected chi connectivity index (χ0v) is 19.8. The number of fused-ring (bicyclic) bond motifs is 8. The minimum absolute atomic E-state index is 0.00894. The highest BCUT2D eigenvalue weighted by Gasteiger charge is 2.68. The van der Waals surface area contributed by atoms with Gasteiger partial charge in [-0.05, 0) is 98.2 Å². The average molecular weight is 430 g/mol. The van der Waals surface area contributed by atoms with Crippen LogP contribution in [0.2, 0.25) is 0 Å². The average Bonchev–Trinajstić information content (AvgIpc) is 3.03. The number of aliphatic hydroxyl groups is 2. The lowest BCUT2D eigenvalue weighted by Crippen LogP contribution is -2.62. The van der Waals surface area contributed by atoms with Crippen molar-refractivity contribution in [3.05, 3.63) is 0 Å². The fourth-order valence-electron chi connectivity index (χ4n) is 10.3. The summed E-state index contributed by atoms with van der Waals surface area (Å²) >= 11 is 0. The van der Waals surface area contributed by atoms with E-state index >= 15 is 0 Å². The van der Waals surface area contributed by atoms with Gasteiger partial charge in [0, 0.05) is 31.5 Å². The maximum atomic E-state index is 13.3. The van der Waals surface area contributed by atoms with Crippen LogP contribution in [0, 0.1) is 52.8 Å². The standard InChI is InChI=1S/C27H43NO3/c1-15-4-5-24-16(2)18-7-9-27(31)20(19(18)14-28(24)13-15)11-21-22(27)12-25(30)23-10-17(29)6-8-26(21,23)3/h15-24,29,31H,4-14H2,1-3H3/t15-,16-,17-,18-,19-,20+,21+,22-,23-,24+,26-,27+/m1/s1. The third kappa shape index (κ3) is 2.86. The number of piperidine rings is 2. The molecule has 0 bridgehead atoms. The first kappa shape index (κ1) is 21.1. The first-order chi connectivity index (χ1) is 14.7. The maximum Gasteiger partial charge on any atom is 0.137 e.